The molecule has 0 N–H and O–H groups in total. The molecule has 0 rings (SSSR count). The van der Waals surface area contributed by atoms with Crippen LogP contribution in [0.4, 0.5) is 0 Å². The highest BCUT2D eigenvalue weighted by molar-refractivity contribution is 9.09. The zero-order chi connectivity index (χ0) is 20.3. The van der Waals surface area contributed by atoms with E-state index in [1.54, 1.807) is 4.90 Å². The van der Waals surface area contributed by atoms with Crippen LogP contribution in [0.3, 0.4) is 0 Å². The first-order chi connectivity index (χ1) is 13.1. The number of hydrogen-bond donors (Lipinski definition) is 0. The molecule has 0 saturated carbocycles. The maximum atomic E-state index is 12.5. The molecule has 0 aliphatic carbocycles. The van der Waals surface area contributed by atoms with Crippen LogP contribution in [0.2, 0.25) is 0 Å². The summed E-state index contributed by atoms with van der Waals surface area (Å²) in [5, 5.41) is 0.312. The van der Waals surface area contributed by atoms with E-state index in [4.69, 9.17) is 4.74 Å². The number of likely N-dealkylation sites (N-methyl/N-ethyl adjacent to an activating group) is 1. The zero-order valence-corrected chi connectivity index (χ0v) is 19.5. The lowest BCUT2D eigenvalue weighted by molar-refractivity contribution is -0.150. The minimum atomic E-state index is -0.0672. The van der Waals surface area contributed by atoms with Crippen molar-refractivity contribution >= 4 is 27.8 Å². The van der Waals surface area contributed by atoms with Crippen molar-refractivity contribution in [3.05, 3.63) is 0 Å². The van der Waals surface area contributed by atoms with Crippen LogP contribution in [0.25, 0.3) is 0 Å². The average Bonchev–Trinajstić information content (AvgIpc) is 2.68. The van der Waals surface area contributed by atoms with E-state index >= 15 is 0 Å². The third kappa shape index (κ3) is 14.1. The monoisotopic (exact) mass is 447 g/mol. The van der Waals surface area contributed by atoms with Crippen molar-refractivity contribution < 1.29 is 14.3 Å². The molecule has 4 nitrogen and oxygen atoms in total. The number of nitrogens with zero attached hydrogens (tertiary/aromatic N) is 1. The molecule has 5 heteroatoms. The third-order valence-electron chi connectivity index (χ3n) is 5.10. The van der Waals surface area contributed by atoms with Crippen molar-refractivity contribution in [2.75, 3.05) is 25.0 Å². The van der Waals surface area contributed by atoms with Gasteiger partial charge in [0.2, 0.25) is 5.91 Å². The second-order valence-electron chi connectivity index (χ2n) is 7.38. The lowest BCUT2D eigenvalue weighted by Gasteiger charge is -2.21. The molecule has 1 atom stereocenters. The summed E-state index contributed by atoms with van der Waals surface area (Å²) in [6.45, 7) is 7.79. The molecule has 0 heterocycles. The Labute approximate surface area is 175 Å². The van der Waals surface area contributed by atoms with Crippen molar-refractivity contribution in [1.82, 2.24) is 4.90 Å². The van der Waals surface area contributed by atoms with Crippen LogP contribution in [-0.2, 0) is 14.3 Å². The molecule has 1 amide bonds. The largest absolute Gasteiger partial charge is 0.464 e. The maximum Gasteiger partial charge on any atom is 0.308 e. The number of amides is 1. The normalized spacial score (nSPS) is 12.0. The van der Waals surface area contributed by atoms with Gasteiger partial charge >= 0.3 is 5.97 Å². The van der Waals surface area contributed by atoms with Gasteiger partial charge in [0, 0.05) is 6.54 Å². The van der Waals surface area contributed by atoms with Crippen LogP contribution in [0.15, 0.2) is 0 Å². The van der Waals surface area contributed by atoms with Crippen molar-refractivity contribution in [2.45, 2.75) is 97.8 Å². The van der Waals surface area contributed by atoms with Crippen LogP contribution in [0.1, 0.15) is 97.8 Å². The molecule has 1 unspecified atom stereocenters. The highest BCUT2D eigenvalue weighted by Crippen LogP contribution is 2.20. The van der Waals surface area contributed by atoms with Gasteiger partial charge in [0.25, 0.3) is 0 Å². The lowest BCUT2D eigenvalue weighted by atomic mass is 9.94. The van der Waals surface area contributed by atoms with E-state index in [2.05, 4.69) is 29.8 Å². The van der Waals surface area contributed by atoms with Crippen LogP contribution in [-0.4, -0.2) is 41.8 Å². The standard InChI is InChI=1S/C22H42BrNO3/c1-4-7-9-11-12-14-16-20(15-13-10-8-5-2)22(26)27-18-17-24(6-3)21(25)19-23/h20H,4-19H2,1-3H3. The summed E-state index contributed by atoms with van der Waals surface area (Å²) in [6, 6.07) is 0. The van der Waals surface area contributed by atoms with E-state index < -0.39 is 0 Å². The van der Waals surface area contributed by atoms with Crippen LogP contribution in [0, 0.1) is 5.92 Å². The Morgan fingerprint density at radius 3 is 1.89 bits per heavy atom. The van der Waals surface area contributed by atoms with Crippen molar-refractivity contribution in [2.24, 2.45) is 5.92 Å². The molecule has 0 saturated heterocycles. The van der Waals surface area contributed by atoms with Gasteiger partial charge in [-0.2, -0.15) is 0 Å². The van der Waals surface area contributed by atoms with Gasteiger partial charge in [-0.05, 0) is 19.8 Å². The Bertz CT molecular complexity index is 377. The summed E-state index contributed by atoms with van der Waals surface area (Å²) >= 11 is 3.19. The van der Waals surface area contributed by atoms with E-state index in [1.807, 2.05) is 6.92 Å². The molecule has 0 spiro atoms. The number of unbranched alkanes of at least 4 members (excludes halogenated alkanes) is 8. The summed E-state index contributed by atoms with van der Waals surface area (Å²) in [7, 11) is 0. The molecule has 0 aromatic rings. The van der Waals surface area contributed by atoms with Crippen LogP contribution < -0.4 is 0 Å². The van der Waals surface area contributed by atoms with Crippen molar-refractivity contribution in [3.63, 3.8) is 0 Å². The van der Waals surface area contributed by atoms with E-state index in [0.29, 0.717) is 25.0 Å². The number of halogens is 1. The summed E-state index contributed by atoms with van der Waals surface area (Å²) in [6.07, 6.45) is 14.1. The second kappa shape index (κ2) is 18.8. The fraction of sp³-hybridized carbons (Fsp3) is 0.909. The Kier molecular flexibility index (Phi) is 18.4. The SMILES string of the molecule is CCCCCCCCC(CCCCCC)C(=O)OCCN(CC)C(=O)CBr. The number of ether oxygens (including phenoxy) is 1. The van der Waals surface area contributed by atoms with Gasteiger partial charge in [-0.15, -0.1) is 0 Å². The molecule has 0 fully saturated rings. The average molecular weight is 448 g/mol. The Balaban J connectivity index is 4.29. The zero-order valence-electron chi connectivity index (χ0n) is 17.9. The highest BCUT2D eigenvalue weighted by atomic mass is 79.9. The second-order valence-corrected chi connectivity index (χ2v) is 7.94. The van der Waals surface area contributed by atoms with Crippen molar-refractivity contribution in [3.8, 4) is 0 Å². The fourth-order valence-electron chi connectivity index (χ4n) is 3.29. The molecule has 160 valence electrons. The van der Waals surface area contributed by atoms with Gasteiger partial charge in [-0.25, -0.2) is 0 Å². The lowest BCUT2D eigenvalue weighted by Crippen LogP contribution is -2.35. The number of carbonyl (C=O) groups excluding carboxylic acids is 2. The predicted molar refractivity (Wildman–Crippen MR) is 117 cm³/mol. The number of hydrogen-bond acceptors (Lipinski definition) is 3. The van der Waals surface area contributed by atoms with Crippen LogP contribution in [0.5, 0.6) is 0 Å². The van der Waals surface area contributed by atoms with Gasteiger partial charge in [0.15, 0.2) is 0 Å². The maximum absolute atomic E-state index is 12.5. The summed E-state index contributed by atoms with van der Waals surface area (Å²) < 4.78 is 5.54. The first kappa shape index (κ1) is 26.4. The predicted octanol–water partition coefficient (Wildman–Crippen LogP) is 6.11. The molecular weight excluding hydrogens is 406 g/mol. The summed E-state index contributed by atoms with van der Waals surface area (Å²) in [4.78, 5) is 26.0. The van der Waals surface area contributed by atoms with Gasteiger partial charge in [0.05, 0.1) is 17.8 Å². The van der Waals surface area contributed by atoms with Gasteiger partial charge in [0.1, 0.15) is 6.61 Å². The fourth-order valence-corrected chi connectivity index (χ4v) is 3.64. The number of rotatable bonds is 18. The van der Waals surface area contributed by atoms with E-state index in [1.165, 1.54) is 51.4 Å². The van der Waals surface area contributed by atoms with Crippen LogP contribution >= 0.6 is 15.9 Å². The van der Waals surface area contributed by atoms with Gasteiger partial charge in [-0.3, -0.25) is 9.59 Å². The molecule has 27 heavy (non-hydrogen) atoms. The minimum absolute atomic E-state index is 0.0231. The number of alkyl halides is 1. The summed E-state index contributed by atoms with van der Waals surface area (Å²) in [5.41, 5.74) is 0. The van der Waals surface area contributed by atoms with E-state index in [0.717, 1.165) is 25.7 Å². The molecule has 0 aromatic heterocycles. The van der Waals surface area contributed by atoms with Crippen molar-refractivity contribution in [1.29, 1.82) is 0 Å². The topological polar surface area (TPSA) is 46.6 Å². The molecular formula is C22H42BrNO3. The number of carbonyl (C=O) groups is 2. The molecule has 0 bridgehead atoms. The molecule has 0 aliphatic rings. The molecule has 0 aliphatic heterocycles. The Hall–Kier alpha value is -0.580. The van der Waals surface area contributed by atoms with E-state index in [9.17, 15) is 9.59 Å². The minimum Gasteiger partial charge on any atom is -0.464 e. The Morgan fingerprint density at radius 1 is 0.852 bits per heavy atom. The first-order valence-electron chi connectivity index (χ1n) is 11.1. The molecule has 0 radical (unpaired) electrons. The first-order valence-corrected chi connectivity index (χ1v) is 12.2. The quantitative estimate of drug-likeness (QED) is 0.144. The van der Waals surface area contributed by atoms with Gasteiger partial charge in [-0.1, -0.05) is 94.0 Å². The smallest absolute Gasteiger partial charge is 0.308 e. The molecule has 0 aromatic carbocycles. The van der Waals surface area contributed by atoms with E-state index in [-0.39, 0.29) is 17.8 Å². The Morgan fingerprint density at radius 2 is 1.37 bits per heavy atom. The van der Waals surface area contributed by atoms with Gasteiger partial charge < -0.3 is 9.64 Å². The highest BCUT2D eigenvalue weighted by Gasteiger charge is 2.20. The summed E-state index contributed by atoms with van der Waals surface area (Å²) in [5.74, 6) is -0.00544. The number of esters is 1. The third-order valence-corrected chi connectivity index (χ3v) is 5.58.